The number of aromatic nitrogens is 1. The van der Waals surface area contributed by atoms with E-state index in [1.807, 2.05) is 6.92 Å². The van der Waals surface area contributed by atoms with Gasteiger partial charge in [0.15, 0.2) is 0 Å². The molecule has 0 fully saturated rings. The first-order valence-corrected chi connectivity index (χ1v) is 6.69. The highest BCUT2D eigenvalue weighted by Gasteiger charge is 2.14. The maximum atomic E-state index is 11.0. The zero-order chi connectivity index (χ0) is 13.0. The van der Waals surface area contributed by atoms with Crippen LogP contribution in [0.5, 0.6) is 0 Å². The third-order valence-electron chi connectivity index (χ3n) is 2.09. The van der Waals surface area contributed by atoms with E-state index in [1.54, 1.807) is 6.26 Å². The summed E-state index contributed by atoms with van der Waals surface area (Å²) in [5.74, 6) is -0.346. The van der Waals surface area contributed by atoms with Crippen molar-refractivity contribution in [3.05, 3.63) is 17.8 Å². The standard InChI is InChI=1S/C10H15N3O3S/c1-6(5-17(2)16)13-9-8(11)7(10(14)15)3-4-12-9/h3-4,6H,5,11H2,1-2H3,(H,12,13)(H,14,15). The predicted octanol–water partition coefficient (Wildman–Crippen LogP) is 0.541. The van der Waals surface area contributed by atoms with Crippen molar-refractivity contribution in [2.75, 3.05) is 23.1 Å². The van der Waals surface area contributed by atoms with Crippen LogP contribution in [0.2, 0.25) is 0 Å². The average Bonchev–Trinajstić information content (AvgIpc) is 2.19. The Hall–Kier alpha value is -1.63. The topological polar surface area (TPSA) is 105 Å². The van der Waals surface area contributed by atoms with Gasteiger partial charge in [-0.2, -0.15) is 0 Å². The van der Waals surface area contributed by atoms with Crippen LogP contribution in [0, 0.1) is 0 Å². The Morgan fingerprint density at radius 1 is 1.71 bits per heavy atom. The summed E-state index contributed by atoms with van der Waals surface area (Å²) in [6, 6.07) is 1.24. The first-order valence-electron chi connectivity index (χ1n) is 4.96. The maximum Gasteiger partial charge on any atom is 0.337 e. The van der Waals surface area contributed by atoms with Gasteiger partial charge in [0.2, 0.25) is 0 Å². The van der Waals surface area contributed by atoms with Crippen molar-refractivity contribution in [1.29, 1.82) is 0 Å². The maximum absolute atomic E-state index is 11.0. The second kappa shape index (κ2) is 5.62. The molecule has 0 aromatic carbocycles. The van der Waals surface area contributed by atoms with Gasteiger partial charge >= 0.3 is 5.97 Å². The smallest absolute Gasteiger partial charge is 0.337 e. The fourth-order valence-electron chi connectivity index (χ4n) is 1.40. The zero-order valence-electron chi connectivity index (χ0n) is 9.64. The molecule has 0 saturated heterocycles. The number of hydrogen-bond donors (Lipinski definition) is 3. The Labute approximate surface area is 102 Å². The summed E-state index contributed by atoms with van der Waals surface area (Å²) in [6.45, 7) is 1.83. The molecule has 1 rings (SSSR count). The summed E-state index contributed by atoms with van der Waals surface area (Å²) in [5.41, 5.74) is 5.78. The summed E-state index contributed by atoms with van der Waals surface area (Å²) in [6.07, 6.45) is 2.97. The lowest BCUT2D eigenvalue weighted by Crippen LogP contribution is -2.24. The minimum atomic E-state index is -1.10. The molecule has 0 bridgehead atoms. The number of pyridine rings is 1. The molecule has 94 valence electrons. The van der Waals surface area contributed by atoms with Crippen LogP contribution in [0.1, 0.15) is 17.3 Å². The number of rotatable bonds is 5. The first kappa shape index (κ1) is 13.4. The SMILES string of the molecule is CC(CS(C)=O)Nc1nccc(C(=O)O)c1N. The van der Waals surface area contributed by atoms with Crippen LogP contribution in [0.25, 0.3) is 0 Å². The van der Waals surface area contributed by atoms with E-state index < -0.39 is 16.8 Å². The number of nitrogens with zero attached hydrogens (tertiary/aromatic N) is 1. The van der Waals surface area contributed by atoms with Crippen LogP contribution >= 0.6 is 0 Å². The van der Waals surface area contributed by atoms with Gasteiger partial charge in [0.05, 0.1) is 11.3 Å². The number of nitrogen functional groups attached to an aromatic ring is 1. The highest BCUT2D eigenvalue weighted by molar-refractivity contribution is 7.84. The van der Waals surface area contributed by atoms with E-state index in [1.165, 1.54) is 12.3 Å². The van der Waals surface area contributed by atoms with Gasteiger partial charge in [-0.3, -0.25) is 4.21 Å². The van der Waals surface area contributed by atoms with Crippen LogP contribution in [-0.2, 0) is 10.8 Å². The third kappa shape index (κ3) is 3.70. The van der Waals surface area contributed by atoms with Crippen LogP contribution in [-0.4, -0.2) is 38.3 Å². The van der Waals surface area contributed by atoms with Crippen LogP contribution in [0.3, 0.4) is 0 Å². The van der Waals surface area contributed by atoms with E-state index in [-0.39, 0.29) is 17.3 Å². The van der Waals surface area contributed by atoms with Gasteiger partial charge in [-0.15, -0.1) is 0 Å². The predicted molar refractivity (Wildman–Crippen MR) is 67.6 cm³/mol. The largest absolute Gasteiger partial charge is 0.478 e. The Balaban J connectivity index is 2.88. The Bertz CT molecular complexity index is 450. The second-order valence-electron chi connectivity index (χ2n) is 3.71. The minimum Gasteiger partial charge on any atom is -0.478 e. The van der Waals surface area contributed by atoms with Crippen LogP contribution in [0.4, 0.5) is 11.5 Å². The molecular weight excluding hydrogens is 242 g/mol. The molecule has 0 radical (unpaired) electrons. The van der Waals surface area contributed by atoms with E-state index in [0.29, 0.717) is 11.6 Å². The van der Waals surface area contributed by atoms with E-state index in [0.717, 1.165) is 0 Å². The second-order valence-corrected chi connectivity index (χ2v) is 5.19. The van der Waals surface area contributed by atoms with Crippen molar-refractivity contribution < 1.29 is 14.1 Å². The van der Waals surface area contributed by atoms with Crippen LogP contribution in [0.15, 0.2) is 12.3 Å². The highest BCUT2D eigenvalue weighted by Crippen LogP contribution is 2.20. The Kier molecular flexibility index (Phi) is 4.45. The molecule has 0 aliphatic heterocycles. The fourth-order valence-corrected chi connectivity index (χ4v) is 2.19. The number of carbonyl (C=O) groups is 1. The minimum absolute atomic E-state index is 0.00678. The summed E-state index contributed by atoms with van der Waals surface area (Å²) in [4.78, 5) is 14.8. The van der Waals surface area contributed by atoms with Gasteiger partial charge in [0, 0.05) is 35.0 Å². The van der Waals surface area contributed by atoms with Gasteiger partial charge in [0.1, 0.15) is 5.82 Å². The monoisotopic (exact) mass is 257 g/mol. The molecule has 0 amide bonds. The number of nitrogens with one attached hydrogen (secondary N) is 1. The summed E-state index contributed by atoms with van der Waals surface area (Å²) in [5, 5.41) is 11.8. The van der Waals surface area contributed by atoms with E-state index in [4.69, 9.17) is 10.8 Å². The van der Waals surface area contributed by atoms with Crippen molar-refractivity contribution in [3.8, 4) is 0 Å². The van der Waals surface area contributed by atoms with Crippen molar-refractivity contribution in [1.82, 2.24) is 4.98 Å². The van der Waals surface area contributed by atoms with Crippen molar-refractivity contribution in [2.24, 2.45) is 0 Å². The van der Waals surface area contributed by atoms with Crippen molar-refractivity contribution >= 4 is 28.3 Å². The van der Waals surface area contributed by atoms with Gasteiger partial charge in [-0.05, 0) is 13.0 Å². The summed E-state index contributed by atoms with van der Waals surface area (Å²) in [7, 11) is -0.937. The molecule has 0 saturated carbocycles. The highest BCUT2D eigenvalue weighted by atomic mass is 32.2. The Morgan fingerprint density at radius 3 is 2.88 bits per heavy atom. The van der Waals surface area contributed by atoms with Gasteiger partial charge in [-0.1, -0.05) is 0 Å². The van der Waals surface area contributed by atoms with E-state index >= 15 is 0 Å². The molecule has 7 heteroatoms. The number of carboxylic acids is 1. The van der Waals surface area contributed by atoms with Crippen LogP contribution < -0.4 is 11.1 Å². The number of anilines is 2. The molecule has 1 aromatic rings. The number of hydrogen-bond acceptors (Lipinski definition) is 5. The molecule has 2 atom stereocenters. The van der Waals surface area contributed by atoms with Gasteiger partial charge in [0.25, 0.3) is 0 Å². The lowest BCUT2D eigenvalue weighted by Gasteiger charge is -2.15. The average molecular weight is 257 g/mol. The van der Waals surface area contributed by atoms with Gasteiger partial charge in [-0.25, -0.2) is 9.78 Å². The number of nitrogens with two attached hydrogens (primary N) is 1. The Morgan fingerprint density at radius 2 is 2.35 bits per heavy atom. The molecule has 6 nitrogen and oxygen atoms in total. The van der Waals surface area contributed by atoms with Crippen molar-refractivity contribution in [3.63, 3.8) is 0 Å². The lowest BCUT2D eigenvalue weighted by molar-refractivity contribution is 0.0698. The zero-order valence-corrected chi connectivity index (χ0v) is 10.5. The van der Waals surface area contributed by atoms with E-state index in [9.17, 15) is 9.00 Å². The summed E-state index contributed by atoms with van der Waals surface area (Å²) < 4.78 is 11.0. The normalized spacial score (nSPS) is 14.0. The molecular formula is C10H15N3O3S. The van der Waals surface area contributed by atoms with Gasteiger partial charge < -0.3 is 16.2 Å². The molecule has 4 N–H and O–H groups in total. The first-order chi connectivity index (χ1) is 7.91. The molecule has 1 aromatic heterocycles. The number of carboxylic acid groups (broad SMARTS) is 1. The molecule has 1 heterocycles. The summed E-state index contributed by atoms with van der Waals surface area (Å²) >= 11 is 0. The third-order valence-corrected chi connectivity index (χ3v) is 3.06. The number of aromatic carboxylic acids is 1. The molecule has 0 aliphatic carbocycles. The van der Waals surface area contributed by atoms with Crippen molar-refractivity contribution in [2.45, 2.75) is 13.0 Å². The quantitative estimate of drug-likeness (QED) is 0.711. The molecule has 0 aliphatic rings. The molecule has 0 spiro atoms. The lowest BCUT2D eigenvalue weighted by atomic mass is 10.2. The molecule has 2 unspecified atom stereocenters. The molecule has 17 heavy (non-hydrogen) atoms. The van der Waals surface area contributed by atoms with E-state index in [2.05, 4.69) is 10.3 Å². The fraction of sp³-hybridized carbons (Fsp3) is 0.400.